The molecule has 21 heavy (non-hydrogen) atoms. The molecule has 1 amide bonds. The van der Waals surface area contributed by atoms with E-state index in [4.69, 9.17) is 11.6 Å². The summed E-state index contributed by atoms with van der Waals surface area (Å²) in [7, 11) is -3.50. The first kappa shape index (κ1) is 17.2. The molecule has 118 valence electrons. The molecule has 1 fully saturated rings. The van der Waals surface area contributed by atoms with E-state index < -0.39 is 10.0 Å². The molecule has 0 aromatic carbocycles. The molecule has 2 rings (SSSR count). The number of carbonyl (C=O) groups is 1. The van der Waals surface area contributed by atoms with Crippen LogP contribution in [0.5, 0.6) is 0 Å². The molecule has 0 saturated carbocycles. The highest BCUT2D eigenvalue weighted by atomic mass is 79.9. The minimum Gasteiger partial charge on any atom is -0.353 e. The minimum absolute atomic E-state index is 0.00489. The number of piperidine rings is 1. The van der Waals surface area contributed by atoms with Crippen LogP contribution in [0, 0.1) is 0 Å². The third kappa shape index (κ3) is 3.98. The zero-order valence-electron chi connectivity index (χ0n) is 11.4. The van der Waals surface area contributed by atoms with Crippen LogP contribution >= 0.6 is 38.9 Å². The maximum atomic E-state index is 12.5. The van der Waals surface area contributed by atoms with E-state index in [0.29, 0.717) is 41.2 Å². The summed E-state index contributed by atoms with van der Waals surface area (Å²) in [6.07, 6.45) is 1.71. The molecule has 5 nitrogen and oxygen atoms in total. The van der Waals surface area contributed by atoms with Gasteiger partial charge in [-0.1, -0.05) is 18.5 Å². The number of carbonyl (C=O) groups excluding carboxylic acids is 1. The van der Waals surface area contributed by atoms with Crippen LogP contribution in [0.25, 0.3) is 0 Å². The van der Waals surface area contributed by atoms with Gasteiger partial charge in [-0.3, -0.25) is 4.79 Å². The van der Waals surface area contributed by atoms with Crippen molar-refractivity contribution in [3.8, 4) is 0 Å². The Kier molecular flexibility index (Phi) is 5.70. The van der Waals surface area contributed by atoms with Gasteiger partial charge in [-0.25, -0.2) is 8.42 Å². The van der Waals surface area contributed by atoms with Gasteiger partial charge in [-0.2, -0.15) is 4.31 Å². The third-order valence-electron chi connectivity index (χ3n) is 3.36. The molecule has 1 N–H and O–H groups in total. The molecule has 0 atom stereocenters. The first-order chi connectivity index (χ1) is 9.84. The van der Waals surface area contributed by atoms with Crippen molar-refractivity contribution in [2.45, 2.75) is 36.4 Å². The Morgan fingerprint density at radius 2 is 2.14 bits per heavy atom. The van der Waals surface area contributed by atoms with E-state index in [9.17, 15) is 13.2 Å². The van der Waals surface area contributed by atoms with Crippen molar-refractivity contribution in [3.63, 3.8) is 0 Å². The number of thiophene rings is 1. The highest BCUT2D eigenvalue weighted by Crippen LogP contribution is 2.36. The van der Waals surface area contributed by atoms with Gasteiger partial charge in [0.1, 0.15) is 4.21 Å². The van der Waals surface area contributed by atoms with Crippen molar-refractivity contribution in [1.29, 1.82) is 0 Å². The van der Waals surface area contributed by atoms with Crippen LogP contribution < -0.4 is 5.32 Å². The van der Waals surface area contributed by atoms with E-state index in [2.05, 4.69) is 21.2 Å². The summed E-state index contributed by atoms with van der Waals surface area (Å²) < 4.78 is 27.3. The zero-order valence-corrected chi connectivity index (χ0v) is 15.4. The van der Waals surface area contributed by atoms with E-state index in [0.717, 1.165) is 11.3 Å². The Bertz CT molecular complexity index is 605. The molecule has 0 unspecified atom stereocenters. The van der Waals surface area contributed by atoms with Gasteiger partial charge in [0.25, 0.3) is 10.0 Å². The number of halogens is 2. The number of hydrogen-bond donors (Lipinski definition) is 1. The van der Waals surface area contributed by atoms with E-state index in [1.807, 2.05) is 0 Å². The topological polar surface area (TPSA) is 66.5 Å². The number of sulfonamides is 1. The van der Waals surface area contributed by atoms with E-state index in [1.54, 1.807) is 6.92 Å². The lowest BCUT2D eigenvalue weighted by atomic mass is 10.1. The quantitative estimate of drug-likeness (QED) is 0.822. The average molecular weight is 416 g/mol. The molecule has 0 spiro atoms. The summed E-state index contributed by atoms with van der Waals surface area (Å²) in [6.45, 7) is 2.61. The lowest BCUT2D eigenvalue weighted by Crippen LogP contribution is -2.46. The number of hydrogen-bond acceptors (Lipinski definition) is 4. The predicted molar refractivity (Wildman–Crippen MR) is 87.2 cm³/mol. The lowest BCUT2D eigenvalue weighted by molar-refractivity contribution is -0.121. The Morgan fingerprint density at radius 3 is 2.62 bits per heavy atom. The van der Waals surface area contributed by atoms with Crippen LogP contribution in [-0.4, -0.2) is 37.8 Å². The summed E-state index contributed by atoms with van der Waals surface area (Å²) in [5.74, 6) is 0.00489. The fourth-order valence-electron chi connectivity index (χ4n) is 2.15. The molecule has 1 aromatic heterocycles. The summed E-state index contributed by atoms with van der Waals surface area (Å²) in [5.41, 5.74) is 0. The second-order valence-electron chi connectivity index (χ2n) is 4.79. The molecular formula is C12H16BrClN2O3S2. The van der Waals surface area contributed by atoms with Crippen LogP contribution in [0.1, 0.15) is 26.2 Å². The van der Waals surface area contributed by atoms with Gasteiger partial charge in [0.2, 0.25) is 5.91 Å². The van der Waals surface area contributed by atoms with E-state index in [1.165, 1.54) is 10.4 Å². The Morgan fingerprint density at radius 1 is 1.52 bits per heavy atom. The summed E-state index contributed by atoms with van der Waals surface area (Å²) in [6, 6.07) is 1.53. The number of nitrogens with zero attached hydrogens (tertiary/aromatic N) is 1. The van der Waals surface area contributed by atoms with Crippen LogP contribution in [0.15, 0.2) is 14.1 Å². The first-order valence-electron chi connectivity index (χ1n) is 6.59. The zero-order chi connectivity index (χ0) is 15.6. The second kappa shape index (κ2) is 6.95. The molecule has 0 bridgehead atoms. The van der Waals surface area contributed by atoms with Crippen molar-refractivity contribution in [2.24, 2.45) is 0 Å². The van der Waals surface area contributed by atoms with Crippen LogP contribution in [0.4, 0.5) is 0 Å². The standard InChI is InChI=1S/C12H16BrClN2O3S2/c1-2-10(17)15-8-3-5-16(6-4-8)21(18,19)11-7-9(14)12(13)20-11/h7-8H,2-6H2,1H3,(H,15,17). The smallest absolute Gasteiger partial charge is 0.252 e. The van der Waals surface area contributed by atoms with Gasteiger partial charge in [0.05, 0.1) is 8.81 Å². The maximum absolute atomic E-state index is 12.5. The summed E-state index contributed by atoms with van der Waals surface area (Å²) in [4.78, 5) is 11.4. The Balaban J connectivity index is 2.02. The van der Waals surface area contributed by atoms with Crippen LogP contribution in [-0.2, 0) is 14.8 Å². The molecule has 0 radical (unpaired) electrons. The number of rotatable bonds is 4. The average Bonchev–Trinajstić information content (AvgIpc) is 2.80. The van der Waals surface area contributed by atoms with Crippen molar-refractivity contribution in [1.82, 2.24) is 9.62 Å². The van der Waals surface area contributed by atoms with Crippen molar-refractivity contribution < 1.29 is 13.2 Å². The minimum atomic E-state index is -3.50. The first-order valence-corrected chi connectivity index (χ1v) is 10.0. The Labute approximate surface area is 141 Å². The summed E-state index contributed by atoms with van der Waals surface area (Å²) >= 11 is 10.3. The van der Waals surface area contributed by atoms with Gasteiger partial charge in [-0.05, 0) is 34.8 Å². The number of amides is 1. The molecular weight excluding hydrogens is 400 g/mol. The molecule has 2 heterocycles. The maximum Gasteiger partial charge on any atom is 0.252 e. The van der Waals surface area contributed by atoms with Crippen molar-refractivity contribution in [3.05, 3.63) is 14.9 Å². The van der Waals surface area contributed by atoms with Crippen molar-refractivity contribution >= 4 is 54.8 Å². The highest BCUT2D eigenvalue weighted by Gasteiger charge is 2.31. The van der Waals surface area contributed by atoms with E-state index >= 15 is 0 Å². The van der Waals surface area contributed by atoms with Gasteiger partial charge in [0, 0.05) is 25.6 Å². The lowest BCUT2D eigenvalue weighted by Gasteiger charge is -2.31. The predicted octanol–water partition coefficient (Wildman–Crippen LogP) is 2.84. The molecule has 0 aliphatic carbocycles. The van der Waals surface area contributed by atoms with Gasteiger partial charge in [-0.15, -0.1) is 11.3 Å². The normalized spacial score (nSPS) is 17.9. The van der Waals surface area contributed by atoms with Crippen molar-refractivity contribution in [2.75, 3.05) is 13.1 Å². The van der Waals surface area contributed by atoms with Gasteiger partial charge in [0.15, 0.2) is 0 Å². The monoisotopic (exact) mass is 414 g/mol. The highest BCUT2D eigenvalue weighted by molar-refractivity contribution is 9.11. The SMILES string of the molecule is CCC(=O)NC1CCN(S(=O)(=O)c2cc(Cl)c(Br)s2)CC1. The Hall–Kier alpha value is -0.150. The molecule has 1 aliphatic rings. The molecule has 9 heteroatoms. The fourth-order valence-corrected chi connectivity index (χ4v) is 6.17. The third-order valence-corrected chi connectivity index (χ3v) is 8.18. The molecule has 1 saturated heterocycles. The molecule has 1 aromatic rings. The van der Waals surface area contributed by atoms with Crippen LogP contribution in [0.3, 0.4) is 0 Å². The van der Waals surface area contributed by atoms with Crippen LogP contribution in [0.2, 0.25) is 5.02 Å². The molecule has 1 aliphatic heterocycles. The summed E-state index contributed by atoms with van der Waals surface area (Å²) in [5, 5.41) is 3.31. The fraction of sp³-hybridized carbons (Fsp3) is 0.583. The van der Waals surface area contributed by atoms with Gasteiger partial charge < -0.3 is 5.32 Å². The number of nitrogens with one attached hydrogen (secondary N) is 1. The second-order valence-corrected chi connectivity index (χ2v) is 9.73. The van der Waals surface area contributed by atoms with E-state index in [-0.39, 0.29) is 16.2 Å². The largest absolute Gasteiger partial charge is 0.353 e. The van der Waals surface area contributed by atoms with Gasteiger partial charge >= 0.3 is 0 Å².